The second kappa shape index (κ2) is 9.45. The smallest absolute Gasteiger partial charge is 0.232 e. The van der Waals surface area contributed by atoms with Crippen LogP contribution in [0.3, 0.4) is 0 Å². The maximum atomic E-state index is 13.9. The fourth-order valence-corrected chi connectivity index (χ4v) is 7.01. The molecule has 2 aliphatic rings. The number of anilines is 1. The number of carbonyl (C=O) groups is 1. The molecular formula is C26H31Cl2NO4S. The van der Waals surface area contributed by atoms with E-state index in [1.54, 1.807) is 41.3 Å². The number of ether oxygens (including phenoxy) is 1. The molecule has 8 heteroatoms. The minimum Gasteiger partial charge on any atom is -0.381 e. The normalized spacial score (nSPS) is 18.5. The molecule has 1 aliphatic carbocycles. The third kappa shape index (κ3) is 4.88. The maximum absolute atomic E-state index is 13.9. The van der Waals surface area contributed by atoms with Crippen LogP contribution in [0.15, 0.2) is 47.4 Å². The van der Waals surface area contributed by atoms with Crippen LogP contribution in [0.25, 0.3) is 0 Å². The summed E-state index contributed by atoms with van der Waals surface area (Å²) < 4.78 is 32.2. The molecule has 0 bridgehead atoms. The maximum Gasteiger partial charge on any atom is 0.232 e. The van der Waals surface area contributed by atoms with Gasteiger partial charge in [0.15, 0.2) is 9.84 Å². The molecule has 1 saturated carbocycles. The topological polar surface area (TPSA) is 63.7 Å². The van der Waals surface area contributed by atoms with Crippen LogP contribution >= 0.6 is 23.2 Å². The molecule has 1 saturated heterocycles. The first-order chi connectivity index (χ1) is 16.0. The summed E-state index contributed by atoms with van der Waals surface area (Å²) in [6.45, 7) is 6.98. The van der Waals surface area contributed by atoms with Gasteiger partial charge in [-0.15, -0.1) is 0 Å². The van der Waals surface area contributed by atoms with Crippen molar-refractivity contribution in [1.82, 2.24) is 0 Å². The lowest BCUT2D eigenvalue weighted by molar-refractivity contribution is -0.125. The molecule has 0 atom stereocenters. The minimum atomic E-state index is -3.77. The molecule has 0 radical (unpaired) electrons. The lowest BCUT2D eigenvalue weighted by Crippen LogP contribution is -2.42. The van der Waals surface area contributed by atoms with Gasteiger partial charge in [0.25, 0.3) is 0 Å². The molecule has 34 heavy (non-hydrogen) atoms. The van der Waals surface area contributed by atoms with Crippen LogP contribution in [0.1, 0.15) is 52.0 Å². The molecule has 0 spiro atoms. The standard InChI is InChI=1S/C26H31Cl2NO4S/c1-25(2,3)24(30)29(17-18-4-5-18)23-11-6-19(16-22(23)28)26(12-14-33-15-13-26)34(31,32)21-9-7-20(27)8-10-21/h6-11,16,18H,4-5,12-15,17H2,1-3H3. The summed E-state index contributed by atoms with van der Waals surface area (Å²) in [6, 6.07) is 11.6. The highest BCUT2D eigenvalue weighted by molar-refractivity contribution is 7.92. The lowest BCUT2D eigenvalue weighted by Gasteiger charge is -2.38. The molecule has 2 aromatic carbocycles. The molecule has 1 aliphatic heterocycles. The van der Waals surface area contributed by atoms with Crippen LogP contribution in [0.2, 0.25) is 10.0 Å². The first kappa shape index (κ1) is 25.5. The molecular weight excluding hydrogens is 493 g/mol. The Balaban J connectivity index is 1.78. The zero-order chi connectivity index (χ0) is 24.7. The van der Waals surface area contributed by atoms with Gasteiger partial charge in [0.05, 0.1) is 15.6 Å². The zero-order valence-electron chi connectivity index (χ0n) is 19.8. The highest BCUT2D eigenvalue weighted by Crippen LogP contribution is 2.46. The Labute approximate surface area is 212 Å². The van der Waals surface area contributed by atoms with Crippen LogP contribution in [0.4, 0.5) is 5.69 Å². The Bertz CT molecular complexity index is 1160. The van der Waals surface area contributed by atoms with E-state index in [1.807, 2.05) is 26.8 Å². The molecule has 1 amide bonds. The van der Waals surface area contributed by atoms with Gasteiger partial charge in [0, 0.05) is 30.2 Å². The molecule has 2 aromatic rings. The van der Waals surface area contributed by atoms with Crippen molar-refractivity contribution in [3.8, 4) is 0 Å². The molecule has 0 aromatic heterocycles. The summed E-state index contributed by atoms with van der Waals surface area (Å²) in [4.78, 5) is 15.2. The van der Waals surface area contributed by atoms with Crippen LogP contribution in [0.5, 0.6) is 0 Å². The van der Waals surface area contributed by atoms with Crippen molar-refractivity contribution in [2.75, 3.05) is 24.7 Å². The van der Waals surface area contributed by atoms with E-state index in [4.69, 9.17) is 27.9 Å². The van der Waals surface area contributed by atoms with Crippen LogP contribution in [-0.2, 0) is 24.1 Å². The summed E-state index contributed by atoms with van der Waals surface area (Å²) in [5, 5.41) is 0.861. The van der Waals surface area contributed by atoms with Crippen LogP contribution in [-0.4, -0.2) is 34.1 Å². The second-order valence-electron chi connectivity index (χ2n) is 10.3. The molecule has 5 nitrogen and oxygen atoms in total. The largest absolute Gasteiger partial charge is 0.381 e. The van der Waals surface area contributed by atoms with Gasteiger partial charge in [-0.3, -0.25) is 4.79 Å². The third-order valence-corrected chi connectivity index (χ3v) is 9.85. The summed E-state index contributed by atoms with van der Waals surface area (Å²) in [5.41, 5.74) is 0.689. The van der Waals surface area contributed by atoms with Crippen molar-refractivity contribution >= 4 is 44.6 Å². The molecule has 4 rings (SSSR count). The molecule has 0 unspecified atom stereocenters. The first-order valence-electron chi connectivity index (χ1n) is 11.7. The molecule has 0 N–H and O–H groups in total. The quantitative estimate of drug-likeness (QED) is 0.447. The van der Waals surface area contributed by atoms with Gasteiger partial charge in [-0.2, -0.15) is 0 Å². The number of nitrogens with zero attached hydrogens (tertiary/aromatic N) is 1. The average molecular weight is 525 g/mol. The Morgan fingerprint density at radius 3 is 2.21 bits per heavy atom. The van der Waals surface area contributed by atoms with Crippen molar-refractivity contribution in [2.45, 2.75) is 56.1 Å². The van der Waals surface area contributed by atoms with E-state index in [1.165, 1.54) is 0 Å². The summed E-state index contributed by atoms with van der Waals surface area (Å²) >= 11 is 12.8. The number of carbonyl (C=O) groups excluding carboxylic acids is 1. The van der Waals surface area contributed by atoms with Gasteiger partial charge in [0.1, 0.15) is 4.75 Å². The van der Waals surface area contributed by atoms with E-state index in [-0.39, 0.29) is 10.8 Å². The van der Waals surface area contributed by atoms with E-state index in [9.17, 15) is 13.2 Å². The van der Waals surface area contributed by atoms with Gasteiger partial charge >= 0.3 is 0 Å². The van der Waals surface area contributed by atoms with Gasteiger partial charge in [-0.1, -0.05) is 50.0 Å². The SMILES string of the molecule is CC(C)(C)C(=O)N(CC1CC1)c1ccc(C2(S(=O)(=O)c3ccc(Cl)cc3)CCOCC2)cc1Cl. The Morgan fingerprint density at radius 1 is 1.06 bits per heavy atom. The predicted octanol–water partition coefficient (Wildman–Crippen LogP) is 6.26. The molecule has 1 heterocycles. The Morgan fingerprint density at radius 2 is 1.68 bits per heavy atom. The van der Waals surface area contributed by atoms with E-state index in [0.717, 1.165) is 12.8 Å². The highest BCUT2D eigenvalue weighted by Gasteiger charge is 2.47. The number of rotatable bonds is 6. The fourth-order valence-electron chi connectivity index (χ4n) is 4.52. The minimum absolute atomic E-state index is 0.00335. The lowest BCUT2D eigenvalue weighted by atomic mass is 9.90. The summed E-state index contributed by atoms with van der Waals surface area (Å²) in [6.07, 6.45) is 2.85. The van der Waals surface area contributed by atoms with Gasteiger partial charge in [-0.05, 0) is 73.6 Å². The van der Waals surface area contributed by atoms with Crippen molar-refractivity contribution in [2.24, 2.45) is 11.3 Å². The Hall–Kier alpha value is -1.60. The zero-order valence-corrected chi connectivity index (χ0v) is 22.1. The molecule has 2 fully saturated rings. The van der Waals surface area contributed by atoms with Crippen LogP contribution in [0, 0.1) is 11.3 Å². The number of hydrogen-bond donors (Lipinski definition) is 0. The summed E-state index contributed by atoms with van der Waals surface area (Å²) in [7, 11) is -3.77. The number of benzene rings is 2. The van der Waals surface area contributed by atoms with Crippen LogP contribution < -0.4 is 4.90 Å². The van der Waals surface area contributed by atoms with Crippen molar-refractivity contribution < 1.29 is 17.9 Å². The number of halogens is 2. The summed E-state index contributed by atoms with van der Waals surface area (Å²) in [5.74, 6) is 0.484. The predicted molar refractivity (Wildman–Crippen MR) is 136 cm³/mol. The average Bonchev–Trinajstić information content (AvgIpc) is 3.61. The first-order valence-corrected chi connectivity index (χ1v) is 13.9. The number of hydrogen-bond acceptors (Lipinski definition) is 4. The van der Waals surface area contributed by atoms with E-state index >= 15 is 0 Å². The number of amides is 1. The van der Waals surface area contributed by atoms with Crippen molar-refractivity contribution in [3.63, 3.8) is 0 Å². The fraction of sp³-hybridized carbons (Fsp3) is 0.500. The van der Waals surface area contributed by atoms with Crippen molar-refractivity contribution in [3.05, 3.63) is 58.1 Å². The van der Waals surface area contributed by atoms with Gasteiger partial charge in [-0.25, -0.2) is 8.42 Å². The van der Waals surface area contributed by atoms with Gasteiger partial charge < -0.3 is 9.64 Å². The molecule has 184 valence electrons. The van der Waals surface area contributed by atoms with E-state index in [0.29, 0.717) is 59.8 Å². The number of sulfone groups is 1. The second-order valence-corrected chi connectivity index (χ2v) is 13.4. The highest BCUT2D eigenvalue weighted by atomic mass is 35.5. The van der Waals surface area contributed by atoms with E-state index < -0.39 is 20.0 Å². The monoisotopic (exact) mass is 523 g/mol. The third-order valence-electron chi connectivity index (χ3n) is 6.73. The Kier molecular flexibility index (Phi) is 7.09. The van der Waals surface area contributed by atoms with Crippen molar-refractivity contribution in [1.29, 1.82) is 0 Å². The van der Waals surface area contributed by atoms with Gasteiger partial charge in [0.2, 0.25) is 5.91 Å². The van der Waals surface area contributed by atoms with E-state index in [2.05, 4.69) is 0 Å².